The summed E-state index contributed by atoms with van der Waals surface area (Å²) in [5, 5.41) is 34.4. The number of aliphatic carboxylic acids is 4. The maximum Gasteiger partial charge on any atom is 0.319 e. The summed E-state index contributed by atoms with van der Waals surface area (Å²) in [4.78, 5) is 42.5. The van der Waals surface area contributed by atoms with Crippen LogP contribution in [-0.2, 0) is 19.2 Å². The Morgan fingerprint density at radius 2 is 1.38 bits per heavy atom. The molecule has 0 fully saturated rings. The van der Waals surface area contributed by atoms with Crippen molar-refractivity contribution in [2.45, 2.75) is 13.3 Å². The van der Waals surface area contributed by atoms with Crippen molar-refractivity contribution >= 4 is 23.9 Å². The molecule has 0 aromatic heterocycles. The number of hydrogen-bond donors (Lipinski definition) is 4. The molecule has 0 saturated heterocycles. The summed E-state index contributed by atoms with van der Waals surface area (Å²) in [5.41, 5.74) is -2.40. The Morgan fingerprint density at radius 3 is 1.56 bits per heavy atom. The second kappa shape index (κ2) is 4.60. The smallest absolute Gasteiger partial charge is 0.319 e. The van der Waals surface area contributed by atoms with Crippen LogP contribution in [0.25, 0.3) is 0 Å². The lowest BCUT2D eigenvalue weighted by Gasteiger charge is -2.26. The van der Waals surface area contributed by atoms with Gasteiger partial charge in [0.15, 0.2) is 5.92 Å². The fourth-order valence-corrected chi connectivity index (χ4v) is 1.27. The molecule has 1 unspecified atom stereocenters. The van der Waals surface area contributed by atoms with Gasteiger partial charge in [0.05, 0.1) is 11.8 Å². The lowest BCUT2D eigenvalue weighted by atomic mass is 9.74. The third-order valence-electron chi connectivity index (χ3n) is 2.14. The zero-order chi connectivity index (χ0) is 13.1. The van der Waals surface area contributed by atoms with E-state index in [-0.39, 0.29) is 0 Å². The maximum atomic E-state index is 10.8. The molecule has 8 nitrogen and oxygen atoms in total. The molecule has 0 rings (SSSR count). The molecule has 0 aliphatic rings. The van der Waals surface area contributed by atoms with Gasteiger partial charge in [-0.25, -0.2) is 0 Å². The molecule has 90 valence electrons. The largest absolute Gasteiger partial charge is 0.481 e. The van der Waals surface area contributed by atoms with Crippen LogP contribution in [0.15, 0.2) is 0 Å². The fraction of sp³-hybridized carbons (Fsp3) is 0.500. The molecule has 0 spiro atoms. The maximum absolute atomic E-state index is 10.8. The van der Waals surface area contributed by atoms with Crippen LogP contribution in [-0.4, -0.2) is 44.3 Å². The summed E-state index contributed by atoms with van der Waals surface area (Å²) in [5.74, 6) is -9.47. The molecular weight excluding hydrogens is 224 g/mol. The van der Waals surface area contributed by atoms with E-state index in [2.05, 4.69) is 0 Å². The minimum atomic E-state index is -2.40. The van der Waals surface area contributed by atoms with Crippen molar-refractivity contribution in [1.82, 2.24) is 0 Å². The van der Waals surface area contributed by atoms with Gasteiger partial charge in [0.25, 0.3) is 0 Å². The number of carbonyl (C=O) groups is 4. The molecule has 0 aromatic rings. The molecule has 0 heterocycles. The van der Waals surface area contributed by atoms with E-state index in [1.807, 2.05) is 0 Å². The van der Waals surface area contributed by atoms with E-state index in [9.17, 15) is 19.2 Å². The standard InChI is InChI=1S/C8H10O8/c1-8(7(15)16,2-3(9)10)4(5(11)12)6(13)14/h4H,2H2,1H3,(H,9,10)(H,11,12)(H,13,14)(H,15,16). The second-order valence-electron chi connectivity index (χ2n) is 3.40. The number of hydrogen-bond acceptors (Lipinski definition) is 4. The van der Waals surface area contributed by atoms with Crippen LogP contribution in [0.3, 0.4) is 0 Å². The van der Waals surface area contributed by atoms with E-state index in [0.29, 0.717) is 0 Å². The molecular formula is C8H10O8. The zero-order valence-electron chi connectivity index (χ0n) is 8.21. The molecule has 1 atom stereocenters. The van der Waals surface area contributed by atoms with Crippen LogP contribution in [0.4, 0.5) is 0 Å². The van der Waals surface area contributed by atoms with Gasteiger partial charge < -0.3 is 20.4 Å². The minimum Gasteiger partial charge on any atom is -0.481 e. The SMILES string of the molecule is CC(CC(=O)O)(C(=O)O)C(C(=O)O)C(=O)O. The van der Waals surface area contributed by atoms with Gasteiger partial charge in [-0.05, 0) is 6.92 Å². The van der Waals surface area contributed by atoms with Crippen molar-refractivity contribution in [3.8, 4) is 0 Å². The summed E-state index contributed by atoms with van der Waals surface area (Å²) in [6.45, 7) is 0.774. The van der Waals surface area contributed by atoms with Crippen molar-refractivity contribution < 1.29 is 39.6 Å². The Balaban J connectivity index is 5.46. The minimum absolute atomic E-state index is 0.774. The van der Waals surface area contributed by atoms with Crippen LogP contribution in [0.2, 0.25) is 0 Å². The van der Waals surface area contributed by atoms with Gasteiger partial charge in [-0.15, -0.1) is 0 Å². The topological polar surface area (TPSA) is 149 Å². The Labute approximate surface area is 89.1 Å². The van der Waals surface area contributed by atoms with E-state index >= 15 is 0 Å². The zero-order valence-corrected chi connectivity index (χ0v) is 8.21. The summed E-state index contributed by atoms with van der Waals surface area (Å²) in [6, 6.07) is 0. The normalized spacial score (nSPS) is 14.1. The second-order valence-corrected chi connectivity index (χ2v) is 3.40. The predicted molar refractivity (Wildman–Crippen MR) is 46.8 cm³/mol. The van der Waals surface area contributed by atoms with Crippen LogP contribution in [0, 0.1) is 11.3 Å². The van der Waals surface area contributed by atoms with Crippen molar-refractivity contribution in [1.29, 1.82) is 0 Å². The lowest BCUT2D eigenvalue weighted by molar-refractivity contribution is -0.173. The Morgan fingerprint density at radius 1 is 1.00 bits per heavy atom. The van der Waals surface area contributed by atoms with Crippen LogP contribution >= 0.6 is 0 Å². The first kappa shape index (κ1) is 13.9. The molecule has 0 aliphatic carbocycles. The molecule has 8 heteroatoms. The average Bonchev–Trinajstić information content (AvgIpc) is 1.99. The lowest BCUT2D eigenvalue weighted by Crippen LogP contribution is -2.46. The van der Waals surface area contributed by atoms with Gasteiger partial charge in [0, 0.05) is 0 Å². The summed E-state index contributed by atoms with van der Waals surface area (Å²) >= 11 is 0. The van der Waals surface area contributed by atoms with Gasteiger partial charge in [-0.1, -0.05) is 0 Å². The van der Waals surface area contributed by atoms with Gasteiger partial charge in [-0.3, -0.25) is 19.2 Å². The number of rotatable bonds is 6. The molecule has 0 aliphatic heterocycles. The van der Waals surface area contributed by atoms with Crippen molar-refractivity contribution in [2.24, 2.45) is 11.3 Å². The average molecular weight is 234 g/mol. The fourth-order valence-electron chi connectivity index (χ4n) is 1.27. The van der Waals surface area contributed by atoms with Gasteiger partial charge in [-0.2, -0.15) is 0 Å². The highest BCUT2D eigenvalue weighted by atomic mass is 16.4. The van der Waals surface area contributed by atoms with Gasteiger partial charge >= 0.3 is 23.9 Å². The summed E-state index contributed by atoms with van der Waals surface area (Å²) < 4.78 is 0. The molecule has 0 radical (unpaired) electrons. The monoisotopic (exact) mass is 234 g/mol. The molecule has 0 saturated carbocycles. The molecule has 0 bridgehead atoms. The molecule has 0 amide bonds. The first-order valence-corrected chi connectivity index (χ1v) is 4.03. The molecule has 16 heavy (non-hydrogen) atoms. The molecule has 0 aromatic carbocycles. The van der Waals surface area contributed by atoms with Crippen LogP contribution < -0.4 is 0 Å². The third kappa shape index (κ3) is 2.69. The molecule has 4 N–H and O–H groups in total. The highest BCUT2D eigenvalue weighted by Crippen LogP contribution is 2.32. The Bertz CT molecular complexity index is 332. The highest BCUT2D eigenvalue weighted by molar-refractivity contribution is 6.00. The van der Waals surface area contributed by atoms with Crippen molar-refractivity contribution in [2.75, 3.05) is 0 Å². The number of carboxylic acid groups (broad SMARTS) is 4. The summed E-state index contributed by atoms with van der Waals surface area (Å²) in [6.07, 6.45) is -1.09. The Kier molecular flexibility index (Phi) is 3.99. The van der Waals surface area contributed by atoms with E-state index in [4.69, 9.17) is 20.4 Å². The van der Waals surface area contributed by atoms with Gasteiger partial charge in [0.1, 0.15) is 0 Å². The quantitative estimate of drug-likeness (QED) is 0.442. The van der Waals surface area contributed by atoms with E-state index in [0.717, 1.165) is 6.92 Å². The van der Waals surface area contributed by atoms with Crippen LogP contribution in [0.5, 0.6) is 0 Å². The van der Waals surface area contributed by atoms with Crippen LogP contribution in [0.1, 0.15) is 13.3 Å². The third-order valence-corrected chi connectivity index (χ3v) is 2.14. The first-order chi connectivity index (χ1) is 7.12. The van der Waals surface area contributed by atoms with E-state index in [1.165, 1.54) is 0 Å². The van der Waals surface area contributed by atoms with Crippen molar-refractivity contribution in [3.05, 3.63) is 0 Å². The van der Waals surface area contributed by atoms with E-state index < -0.39 is 41.6 Å². The first-order valence-electron chi connectivity index (χ1n) is 4.03. The van der Waals surface area contributed by atoms with Crippen molar-refractivity contribution in [3.63, 3.8) is 0 Å². The summed E-state index contributed by atoms with van der Waals surface area (Å²) in [7, 11) is 0. The predicted octanol–water partition coefficient (Wildman–Crippen LogP) is -0.663. The highest BCUT2D eigenvalue weighted by Gasteiger charge is 2.51. The van der Waals surface area contributed by atoms with Gasteiger partial charge in [0.2, 0.25) is 0 Å². The number of carboxylic acids is 4. The Hall–Kier alpha value is -2.12. The van der Waals surface area contributed by atoms with E-state index in [1.54, 1.807) is 0 Å².